The maximum atomic E-state index is 12.2. The maximum Gasteiger partial charge on any atom is 0.339 e. The minimum Gasteiger partial charge on any atom is -0.449 e. The van der Waals surface area contributed by atoms with Crippen molar-refractivity contribution >= 4 is 34.9 Å². The van der Waals surface area contributed by atoms with Crippen molar-refractivity contribution in [1.29, 1.82) is 0 Å². The average molecular weight is 377 g/mol. The molecule has 1 amide bonds. The summed E-state index contributed by atoms with van der Waals surface area (Å²) in [4.78, 5) is 34.8. The fraction of sp³-hybridized carbons (Fsp3) is 0.222. The molecule has 136 valence electrons. The molecule has 0 unspecified atom stereocenters. The Hall–Kier alpha value is -2.93. The number of nitro groups is 1. The number of hydrogen-bond acceptors (Lipinski definition) is 5. The van der Waals surface area contributed by atoms with Gasteiger partial charge in [0.05, 0.1) is 10.5 Å². The van der Waals surface area contributed by atoms with E-state index in [9.17, 15) is 19.7 Å². The van der Waals surface area contributed by atoms with Gasteiger partial charge < -0.3 is 10.1 Å². The van der Waals surface area contributed by atoms with Crippen LogP contribution in [0.2, 0.25) is 5.02 Å². The van der Waals surface area contributed by atoms with Crippen molar-refractivity contribution in [3.05, 3.63) is 68.2 Å². The number of carbonyl (C=O) groups excluding carboxylic acids is 2. The van der Waals surface area contributed by atoms with Gasteiger partial charge in [-0.1, -0.05) is 23.7 Å². The minimum absolute atomic E-state index is 0.000820. The van der Waals surface area contributed by atoms with Gasteiger partial charge in [-0.3, -0.25) is 14.9 Å². The Balaban J connectivity index is 2.09. The lowest BCUT2D eigenvalue weighted by molar-refractivity contribution is -0.385. The molecule has 7 nitrogen and oxygen atoms in total. The first kappa shape index (κ1) is 19.4. The lowest BCUT2D eigenvalue weighted by atomic mass is 10.1. The SMILES string of the molecule is Cc1ccc(Cl)cc1NC(=O)[C@@H](C)OC(=O)c1ccc(C)c([N+](=O)[O-])c1. The van der Waals surface area contributed by atoms with E-state index in [0.29, 0.717) is 16.3 Å². The molecule has 0 fully saturated rings. The molecular weight excluding hydrogens is 360 g/mol. The second-order valence-corrected chi connectivity index (χ2v) is 6.19. The molecule has 2 aromatic carbocycles. The molecule has 1 atom stereocenters. The van der Waals surface area contributed by atoms with Crippen LogP contribution in [0.25, 0.3) is 0 Å². The third-order valence-electron chi connectivity index (χ3n) is 3.75. The highest BCUT2D eigenvalue weighted by Crippen LogP contribution is 2.22. The van der Waals surface area contributed by atoms with Crippen molar-refractivity contribution in [3.63, 3.8) is 0 Å². The van der Waals surface area contributed by atoms with Crippen LogP contribution >= 0.6 is 11.6 Å². The van der Waals surface area contributed by atoms with Gasteiger partial charge in [0.1, 0.15) is 0 Å². The number of amides is 1. The van der Waals surface area contributed by atoms with E-state index in [0.717, 1.165) is 11.6 Å². The van der Waals surface area contributed by atoms with Gasteiger partial charge in [-0.15, -0.1) is 0 Å². The predicted octanol–water partition coefficient (Wildman–Crippen LogP) is 4.05. The van der Waals surface area contributed by atoms with Gasteiger partial charge in [0.2, 0.25) is 0 Å². The van der Waals surface area contributed by atoms with Crippen molar-refractivity contribution in [2.45, 2.75) is 26.9 Å². The number of nitrogens with zero attached hydrogens (tertiary/aromatic N) is 1. The van der Waals surface area contributed by atoms with Crippen molar-refractivity contribution < 1.29 is 19.2 Å². The summed E-state index contributed by atoms with van der Waals surface area (Å²) in [6, 6.07) is 9.03. The summed E-state index contributed by atoms with van der Waals surface area (Å²) in [6.07, 6.45) is -1.10. The molecule has 0 aliphatic carbocycles. The molecule has 2 aromatic rings. The molecule has 0 aromatic heterocycles. The van der Waals surface area contributed by atoms with E-state index in [-0.39, 0.29) is 11.3 Å². The first-order valence-electron chi connectivity index (χ1n) is 7.72. The number of ether oxygens (including phenoxy) is 1. The summed E-state index contributed by atoms with van der Waals surface area (Å²) in [6.45, 7) is 4.78. The first-order chi connectivity index (χ1) is 12.2. The smallest absolute Gasteiger partial charge is 0.339 e. The summed E-state index contributed by atoms with van der Waals surface area (Å²) in [5.74, 6) is -1.36. The van der Waals surface area contributed by atoms with Crippen LogP contribution in [-0.2, 0) is 9.53 Å². The number of aryl methyl sites for hydroxylation is 2. The van der Waals surface area contributed by atoms with E-state index < -0.39 is 22.9 Å². The fourth-order valence-electron chi connectivity index (χ4n) is 2.18. The van der Waals surface area contributed by atoms with Gasteiger partial charge in [-0.25, -0.2) is 4.79 Å². The molecule has 0 saturated heterocycles. The monoisotopic (exact) mass is 376 g/mol. The predicted molar refractivity (Wildman–Crippen MR) is 97.5 cm³/mol. The Bertz CT molecular complexity index is 882. The van der Waals surface area contributed by atoms with E-state index in [4.69, 9.17) is 16.3 Å². The Kier molecular flexibility index (Phi) is 5.94. The Labute approximate surface area is 155 Å². The summed E-state index contributed by atoms with van der Waals surface area (Å²) in [5, 5.41) is 14.1. The zero-order chi connectivity index (χ0) is 19.4. The second-order valence-electron chi connectivity index (χ2n) is 5.75. The van der Waals surface area contributed by atoms with Crippen molar-refractivity contribution in [2.24, 2.45) is 0 Å². The van der Waals surface area contributed by atoms with Gasteiger partial charge >= 0.3 is 5.97 Å². The average Bonchev–Trinajstić information content (AvgIpc) is 2.58. The summed E-state index contributed by atoms with van der Waals surface area (Å²) >= 11 is 5.91. The first-order valence-corrected chi connectivity index (χ1v) is 8.10. The molecule has 0 aliphatic rings. The molecule has 0 bridgehead atoms. The molecular formula is C18H17ClN2O5. The van der Waals surface area contributed by atoms with Crippen molar-refractivity contribution in [1.82, 2.24) is 0 Å². The van der Waals surface area contributed by atoms with E-state index in [1.165, 1.54) is 19.1 Å². The number of halogens is 1. The quantitative estimate of drug-likeness (QED) is 0.482. The lowest BCUT2D eigenvalue weighted by Gasteiger charge is -2.15. The third kappa shape index (κ3) is 4.58. The number of anilines is 1. The summed E-state index contributed by atoms with van der Waals surface area (Å²) in [5.41, 5.74) is 1.55. The molecule has 26 heavy (non-hydrogen) atoms. The van der Waals surface area contributed by atoms with Crippen LogP contribution in [0.3, 0.4) is 0 Å². The van der Waals surface area contributed by atoms with Gasteiger partial charge in [0, 0.05) is 22.3 Å². The van der Waals surface area contributed by atoms with Crippen LogP contribution in [0.15, 0.2) is 36.4 Å². The molecule has 8 heteroatoms. The van der Waals surface area contributed by atoms with Gasteiger partial charge in [0.25, 0.3) is 11.6 Å². The van der Waals surface area contributed by atoms with Gasteiger partial charge in [-0.2, -0.15) is 0 Å². The Morgan fingerprint density at radius 3 is 2.46 bits per heavy atom. The van der Waals surface area contributed by atoms with Gasteiger partial charge in [0.15, 0.2) is 6.10 Å². The zero-order valence-electron chi connectivity index (χ0n) is 14.4. The highest BCUT2D eigenvalue weighted by Gasteiger charge is 2.22. The summed E-state index contributed by atoms with van der Waals surface area (Å²) < 4.78 is 5.11. The lowest BCUT2D eigenvalue weighted by Crippen LogP contribution is -2.30. The third-order valence-corrected chi connectivity index (χ3v) is 3.99. The van der Waals surface area contributed by atoms with Crippen molar-refractivity contribution in [3.8, 4) is 0 Å². The molecule has 1 N–H and O–H groups in total. The second kappa shape index (κ2) is 7.97. The largest absolute Gasteiger partial charge is 0.449 e. The van der Waals surface area contributed by atoms with E-state index >= 15 is 0 Å². The van der Waals surface area contributed by atoms with Gasteiger partial charge in [-0.05, 0) is 44.5 Å². The van der Waals surface area contributed by atoms with Crippen LogP contribution < -0.4 is 5.32 Å². The summed E-state index contributed by atoms with van der Waals surface area (Å²) in [7, 11) is 0. The van der Waals surface area contributed by atoms with Crippen LogP contribution in [0.1, 0.15) is 28.4 Å². The Morgan fingerprint density at radius 2 is 1.81 bits per heavy atom. The highest BCUT2D eigenvalue weighted by molar-refractivity contribution is 6.31. The number of rotatable bonds is 5. The van der Waals surface area contributed by atoms with Crippen LogP contribution in [0, 0.1) is 24.0 Å². The molecule has 0 heterocycles. The van der Waals surface area contributed by atoms with Crippen molar-refractivity contribution in [2.75, 3.05) is 5.32 Å². The van der Waals surface area contributed by atoms with E-state index in [1.54, 1.807) is 32.0 Å². The Morgan fingerprint density at radius 1 is 1.15 bits per heavy atom. The molecule has 0 spiro atoms. The highest BCUT2D eigenvalue weighted by atomic mass is 35.5. The molecule has 0 saturated carbocycles. The van der Waals surface area contributed by atoms with Crippen LogP contribution in [0.5, 0.6) is 0 Å². The van der Waals surface area contributed by atoms with Crippen LogP contribution in [0.4, 0.5) is 11.4 Å². The number of benzene rings is 2. The van der Waals surface area contributed by atoms with Crippen LogP contribution in [-0.4, -0.2) is 22.9 Å². The van der Waals surface area contributed by atoms with E-state index in [2.05, 4.69) is 5.32 Å². The number of esters is 1. The number of nitro benzene ring substituents is 1. The number of nitrogens with one attached hydrogen (secondary N) is 1. The molecule has 0 radical (unpaired) electrons. The standard InChI is InChI=1S/C18H17ClN2O5/c1-10-5-7-14(19)9-15(10)20-17(22)12(3)26-18(23)13-6-4-11(2)16(8-13)21(24)25/h4-9,12H,1-3H3,(H,20,22)/t12-/m1/s1. The maximum absolute atomic E-state index is 12.2. The number of carbonyl (C=O) groups is 2. The topological polar surface area (TPSA) is 98.5 Å². The zero-order valence-corrected chi connectivity index (χ0v) is 15.2. The van der Waals surface area contributed by atoms with E-state index in [1.807, 2.05) is 0 Å². The fourth-order valence-corrected chi connectivity index (χ4v) is 2.35. The molecule has 2 rings (SSSR count). The molecule has 0 aliphatic heterocycles. The normalized spacial score (nSPS) is 11.5. The number of hydrogen-bond donors (Lipinski definition) is 1. The minimum atomic E-state index is -1.10.